The predicted molar refractivity (Wildman–Crippen MR) is 60.2 cm³/mol. The minimum atomic E-state index is 0.584. The van der Waals surface area contributed by atoms with Gasteiger partial charge in [-0.3, -0.25) is 9.78 Å². The average molecular weight is 203 g/mol. The van der Waals surface area contributed by atoms with Gasteiger partial charge in [0.1, 0.15) is 0 Å². The molecule has 0 saturated heterocycles. The molecule has 0 atom stereocenters. The summed E-state index contributed by atoms with van der Waals surface area (Å²) in [7, 11) is 0. The average Bonchev–Trinajstić information content (AvgIpc) is 2.30. The van der Waals surface area contributed by atoms with Crippen molar-refractivity contribution in [3.63, 3.8) is 0 Å². The molecular formula is C13H17NO. The number of carbonyl (C=O) groups is 1. The summed E-state index contributed by atoms with van der Waals surface area (Å²) in [6.07, 6.45) is 9.18. The van der Waals surface area contributed by atoms with Crippen LogP contribution in [0.4, 0.5) is 0 Å². The molecule has 0 bridgehead atoms. The third-order valence-electron chi connectivity index (χ3n) is 3.39. The molecule has 2 rings (SSSR count). The number of aryl methyl sites for hydroxylation is 1. The summed E-state index contributed by atoms with van der Waals surface area (Å²) in [6.45, 7) is 1.91. The molecule has 1 heterocycles. The zero-order valence-electron chi connectivity index (χ0n) is 9.20. The number of rotatable bonds is 2. The molecule has 0 radical (unpaired) electrons. The van der Waals surface area contributed by atoms with Crippen LogP contribution in [0.2, 0.25) is 0 Å². The number of hydrogen-bond donors (Lipinski definition) is 0. The van der Waals surface area contributed by atoms with E-state index in [0.717, 1.165) is 17.5 Å². The van der Waals surface area contributed by atoms with Gasteiger partial charge in [-0.25, -0.2) is 0 Å². The van der Waals surface area contributed by atoms with Gasteiger partial charge in [0.15, 0.2) is 6.29 Å². The van der Waals surface area contributed by atoms with Crippen LogP contribution in [0.25, 0.3) is 0 Å². The Balaban J connectivity index is 2.33. The molecule has 1 saturated carbocycles. The molecule has 0 N–H and O–H groups in total. The van der Waals surface area contributed by atoms with Crippen molar-refractivity contribution < 1.29 is 4.79 Å². The second-order valence-corrected chi connectivity index (χ2v) is 4.35. The van der Waals surface area contributed by atoms with Crippen LogP contribution >= 0.6 is 0 Å². The maximum absolute atomic E-state index is 11.1. The summed E-state index contributed by atoms with van der Waals surface area (Å²) >= 11 is 0. The number of carbonyl (C=O) groups excluding carboxylic acids is 1. The first kappa shape index (κ1) is 10.3. The molecule has 2 heteroatoms. The van der Waals surface area contributed by atoms with Crippen molar-refractivity contribution in [2.45, 2.75) is 44.9 Å². The Bertz CT molecular complexity index is 354. The van der Waals surface area contributed by atoms with Crippen molar-refractivity contribution in [1.29, 1.82) is 0 Å². The summed E-state index contributed by atoms with van der Waals surface area (Å²) in [5, 5.41) is 0. The summed E-state index contributed by atoms with van der Waals surface area (Å²) < 4.78 is 0. The van der Waals surface area contributed by atoms with Gasteiger partial charge in [-0.2, -0.15) is 0 Å². The quantitative estimate of drug-likeness (QED) is 0.690. The molecule has 1 aliphatic carbocycles. The molecule has 0 spiro atoms. The first-order valence-corrected chi connectivity index (χ1v) is 5.73. The molecule has 0 unspecified atom stereocenters. The molecule has 2 nitrogen and oxygen atoms in total. The molecule has 0 amide bonds. The first-order chi connectivity index (χ1) is 7.33. The van der Waals surface area contributed by atoms with Gasteiger partial charge in [0.2, 0.25) is 0 Å². The Hall–Kier alpha value is -1.18. The Kier molecular flexibility index (Phi) is 3.14. The molecule has 80 valence electrons. The van der Waals surface area contributed by atoms with E-state index in [2.05, 4.69) is 4.98 Å². The standard InChI is InChI=1S/C13H17NO/c1-10-13(9-15)12(7-8-14-10)11-5-3-2-4-6-11/h7-9,11H,2-6H2,1H3. The molecule has 1 aliphatic rings. The van der Waals surface area contributed by atoms with Crippen LogP contribution in [0.1, 0.15) is 59.6 Å². The lowest BCUT2D eigenvalue weighted by molar-refractivity contribution is 0.112. The summed E-state index contributed by atoms with van der Waals surface area (Å²) in [6, 6.07) is 2.02. The molecule has 1 fully saturated rings. The smallest absolute Gasteiger partial charge is 0.152 e. The summed E-state index contributed by atoms with van der Waals surface area (Å²) in [5.41, 5.74) is 2.91. The monoisotopic (exact) mass is 203 g/mol. The number of nitrogens with zero attached hydrogens (tertiary/aromatic N) is 1. The van der Waals surface area contributed by atoms with Crippen LogP contribution in [0, 0.1) is 6.92 Å². The van der Waals surface area contributed by atoms with E-state index < -0.39 is 0 Å². The topological polar surface area (TPSA) is 30.0 Å². The van der Waals surface area contributed by atoms with Gasteiger partial charge in [0.05, 0.1) is 0 Å². The largest absolute Gasteiger partial charge is 0.298 e. The number of pyridine rings is 1. The van der Waals surface area contributed by atoms with Crippen LogP contribution in [0.15, 0.2) is 12.3 Å². The zero-order valence-corrected chi connectivity index (χ0v) is 9.20. The fourth-order valence-electron chi connectivity index (χ4n) is 2.52. The van der Waals surface area contributed by atoms with Gasteiger partial charge in [-0.1, -0.05) is 19.3 Å². The second kappa shape index (κ2) is 4.56. The van der Waals surface area contributed by atoms with E-state index in [1.807, 2.05) is 19.2 Å². The maximum atomic E-state index is 11.1. The Morgan fingerprint density at radius 3 is 2.73 bits per heavy atom. The highest BCUT2D eigenvalue weighted by Gasteiger charge is 2.19. The highest BCUT2D eigenvalue weighted by Crippen LogP contribution is 2.34. The predicted octanol–water partition coefficient (Wildman–Crippen LogP) is 3.25. The van der Waals surface area contributed by atoms with Gasteiger partial charge in [-0.15, -0.1) is 0 Å². The van der Waals surface area contributed by atoms with Crippen molar-refractivity contribution >= 4 is 6.29 Å². The Labute approximate surface area is 90.7 Å². The first-order valence-electron chi connectivity index (χ1n) is 5.73. The lowest BCUT2D eigenvalue weighted by atomic mass is 9.82. The van der Waals surface area contributed by atoms with Gasteiger partial charge >= 0.3 is 0 Å². The van der Waals surface area contributed by atoms with Crippen LogP contribution in [-0.4, -0.2) is 11.3 Å². The minimum Gasteiger partial charge on any atom is -0.298 e. The third kappa shape index (κ3) is 2.09. The molecular weight excluding hydrogens is 186 g/mol. The maximum Gasteiger partial charge on any atom is 0.152 e. The fourth-order valence-corrected chi connectivity index (χ4v) is 2.52. The van der Waals surface area contributed by atoms with Crippen LogP contribution in [-0.2, 0) is 0 Å². The van der Waals surface area contributed by atoms with Crippen LogP contribution in [0.3, 0.4) is 0 Å². The Morgan fingerprint density at radius 2 is 2.07 bits per heavy atom. The molecule has 1 aromatic rings. The van der Waals surface area contributed by atoms with Gasteiger partial charge in [-0.05, 0) is 37.3 Å². The van der Waals surface area contributed by atoms with Crippen molar-refractivity contribution in [1.82, 2.24) is 4.98 Å². The third-order valence-corrected chi connectivity index (χ3v) is 3.39. The highest BCUT2D eigenvalue weighted by atomic mass is 16.1. The molecule has 0 aromatic carbocycles. The van der Waals surface area contributed by atoms with Gasteiger partial charge < -0.3 is 0 Å². The fraction of sp³-hybridized carbons (Fsp3) is 0.538. The SMILES string of the molecule is Cc1nccc(C2CCCCC2)c1C=O. The number of hydrogen-bond acceptors (Lipinski definition) is 2. The van der Waals surface area contributed by atoms with Gasteiger partial charge in [0, 0.05) is 17.5 Å². The lowest BCUT2D eigenvalue weighted by Crippen LogP contribution is -2.08. The van der Waals surface area contributed by atoms with Crippen LogP contribution < -0.4 is 0 Å². The van der Waals surface area contributed by atoms with Gasteiger partial charge in [0.25, 0.3) is 0 Å². The van der Waals surface area contributed by atoms with Crippen molar-refractivity contribution in [3.8, 4) is 0 Å². The highest BCUT2D eigenvalue weighted by molar-refractivity contribution is 5.79. The minimum absolute atomic E-state index is 0.584. The van der Waals surface area contributed by atoms with Crippen molar-refractivity contribution in [2.75, 3.05) is 0 Å². The number of aldehydes is 1. The van der Waals surface area contributed by atoms with E-state index in [-0.39, 0.29) is 0 Å². The van der Waals surface area contributed by atoms with Crippen molar-refractivity contribution in [3.05, 3.63) is 29.1 Å². The van der Waals surface area contributed by atoms with Crippen molar-refractivity contribution in [2.24, 2.45) is 0 Å². The molecule has 15 heavy (non-hydrogen) atoms. The summed E-state index contributed by atoms with van der Waals surface area (Å²) in [5.74, 6) is 0.584. The lowest BCUT2D eigenvalue weighted by Gasteiger charge is -2.23. The van der Waals surface area contributed by atoms with E-state index in [9.17, 15) is 4.79 Å². The van der Waals surface area contributed by atoms with Crippen LogP contribution in [0.5, 0.6) is 0 Å². The normalized spacial score (nSPS) is 17.7. The zero-order chi connectivity index (χ0) is 10.7. The van der Waals surface area contributed by atoms with E-state index >= 15 is 0 Å². The summed E-state index contributed by atoms with van der Waals surface area (Å²) in [4.78, 5) is 15.2. The van der Waals surface area contributed by atoms with E-state index in [4.69, 9.17) is 0 Å². The Morgan fingerprint density at radius 1 is 1.33 bits per heavy atom. The number of aromatic nitrogens is 1. The molecule has 1 aromatic heterocycles. The van der Waals surface area contributed by atoms with E-state index in [1.54, 1.807) is 0 Å². The van der Waals surface area contributed by atoms with E-state index in [0.29, 0.717) is 5.92 Å². The molecule has 0 aliphatic heterocycles. The second-order valence-electron chi connectivity index (χ2n) is 4.35. The van der Waals surface area contributed by atoms with E-state index in [1.165, 1.54) is 37.7 Å².